The van der Waals surface area contributed by atoms with Gasteiger partial charge in [0.25, 0.3) is 5.91 Å². The number of amides is 1. The molecule has 0 saturated carbocycles. The second-order valence-corrected chi connectivity index (χ2v) is 6.45. The highest BCUT2D eigenvalue weighted by Crippen LogP contribution is 2.39. The number of rotatable bonds is 4. The van der Waals surface area contributed by atoms with Gasteiger partial charge in [0.2, 0.25) is 0 Å². The molecule has 0 radical (unpaired) electrons. The summed E-state index contributed by atoms with van der Waals surface area (Å²) < 4.78 is 5.35. The molecule has 21 heavy (non-hydrogen) atoms. The van der Waals surface area contributed by atoms with Crippen molar-refractivity contribution in [2.45, 2.75) is 40.0 Å². The van der Waals surface area contributed by atoms with E-state index in [0.717, 1.165) is 5.56 Å². The van der Waals surface area contributed by atoms with E-state index in [9.17, 15) is 14.7 Å². The molecule has 2 heterocycles. The molecule has 1 aromatic heterocycles. The summed E-state index contributed by atoms with van der Waals surface area (Å²) in [4.78, 5) is 25.8. The average Bonchev–Trinajstić information content (AvgIpc) is 3.05. The van der Waals surface area contributed by atoms with E-state index in [-0.39, 0.29) is 24.3 Å². The predicted octanol–water partition coefficient (Wildman–Crippen LogP) is 2.98. The molecule has 116 valence electrons. The number of nitrogens with zero attached hydrogens (tertiary/aromatic N) is 1. The molecule has 1 unspecified atom stereocenters. The fourth-order valence-electron chi connectivity index (χ4n) is 2.99. The molecule has 2 rings (SSSR count). The maximum absolute atomic E-state index is 12.6. The van der Waals surface area contributed by atoms with Crippen LogP contribution in [0.4, 0.5) is 0 Å². The van der Waals surface area contributed by atoms with Gasteiger partial charge in [-0.2, -0.15) is 0 Å². The molecule has 1 fully saturated rings. The molecule has 1 aliphatic rings. The molecule has 1 atom stereocenters. The number of hydrogen-bond donors (Lipinski definition) is 1. The maximum Gasteiger partial charge on any atom is 0.311 e. The predicted molar refractivity (Wildman–Crippen MR) is 78.2 cm³/mol. The maximum atomic E-state index is 12.6. The fraction of sp³-hybridized carbons (Fsp3) is 0.625. The molecule has 0 spiro atoms. The van der Waals surface area contributed by atoms with E-state index in [1.54, 1.807) is 11.0 Å². The summed E-state index contributed by atoms with van der Waals surface area (Å²) in [5, 5.41) is 9.55. The first-order valence-electron chi connectivity index (χ1n) is 7.39. The largest absolute Gasteiger partial charge is 0.481 e. The summed E-state index contributed by atoms with van der Waals surface area (Å²) in [6.07, 6.45) is 2.01. The molecule has 0 aliphatic carbocycles. The van der Waals surface area contributed by atoms with Gasteiger partial charge in [0, 0.05) is 18.7 Å². The second kappa shape index (κ2) is 5.54. The Morgan fingerprint density at radius 2 is 2.00 bits per heavy atom. The molecule has 5 heteroatoms. The van der Waals surface area contributed by atoms with Gasteiger partial charge in [-0.25, -0.2) is 0 Å². The first-order chi connectivity index (χ1) is 9.79. The average molecular weight is 293 g/mol. The van der Waals surface area contributed by atoms with E-state index in [0.29, 0.717) is 18.7 Å². The second-order valence-electron chi connectivity index (χ2n) is 6.45. The van der Waals surface area contributed by atoms with Gasteiger partial charge >= 0.3 is 5.97 Å². The molecular weight excluding hydrogens is 270 g/mol. The third-order valence-electron chi connectivity index (χ3n) is 4.63. The van der Waals surface area contributed by atoms with Crippen molar-refractivity contribution < 1.29 is 19.1 Å². The lowest BCUT2D eigenvalue weighted by molar-refractivity contribution is -0.150. The van der Waals surface area contributed by atoms with Crippen molar-refractivity contribution >= 4 is 11.9 Å². The third kappa shape index (κ3) is 2.57. The minimum absolute atomic E-state index is 0.0195. The topological polar surface area (TPSA) is 70.8 Å². The first-order valence-corrected chi connectivity index (χ1v) is 7.39. The summed E-state index contributed by atoms with van der Waals surface area (Å²) in [6.45, 7) is 8.50. The van der Waals surface area contributed by atoms with Crippen molar-refractivity contribution in [2.75, 3.05) is 13.1 Å². The van der Waals surface area contributed by atoms with Crippen LogP contribution < -0.4 is 0 Å². The van der Waals surface area contributed by atoms with Gasteiger partial charge in [-0.3, -0.25) is 9.59 Å². The standard InChI is InChI=1S/C16H23NO4/c1-10(2)12-5-8-21-13(12)14(18)17-7-6-16(9-17,11(3)4)15(19)20/h5,8,10-11H,6-7,9H2,1-4H3,(H,19,20). The van der Waals surface area contributed by atoms with E-state index in [4.69, 9.17) is 4.42 Å². The van der Waals surface area contributed by atoms with Crippen LogP contribution in [0.5, 0.6) is 0 Å². The van der Waals surface area contributed by atoms with Crippen molar-refractivity contribution in [3.63, 3.8) is 0 Å². The van der Waals surface area contributed by atoms with Crippen LogP contribution in [0.1, 0.15) is 56.2 Å². The van der Waals surface area contributed by atoms with Crippen LogP contribution in [-0.2, 0) is 4.79 Å². The highest BCUT2D eigenvalue weighted by atomic mass is 16.4. The lowest BCUT2D eigenvalue weighted by Crippen LogP contribution is -2.40. The van der Waals surface area contributed by atoms with Gasteiger partial charge < -0.3 is 14.4 Å². The van der Waals surface area contributed by atoms with Gasteiger partial charge in [0.1, 0.15) is 0 Å². The van der Waals surface area contributed by atoms with E-state index in [2.05, 4.69) is 0 Å². The zero-order chi connectivity index (χ0) is 15.8. The molecule has 1 aromatic rings. The Morgan fingerprint density at radius 1 is 1.33 bits per heavy atom. The van der Waals surface area contributed by atoms with Crippen LogP contribution >= 0.6 is 0 Å². The van der Waals surface area contributed by atoms with Crippen molar-refractivity contribution in [3.8, 4) is 0 Å². The molecule has 0 bridgehead atoms. The molecule has 1 saturated heterocycles. The number of likely N-dealkylation sites (tertiary alicyclic amines) is 1. The molecule has 5 nitrogen and oxygen atoms in total. The van der Waals surface area contributed by atoms with E-state index in [1.165, 1.54) is 6.26 Å². The molecular formula is C16H23NO4. The summed E-state index contributed by atoms with van der Waals surface area (Å²) in [5.41, 5.74) is 0.0256. The zero-order valence-corrected chi connectivity index (χ0v) is 13.0. The lowest BCUT2D eigenvalue weighted by atomic mass is 9.76. The Hall–Kier alpha value is -1.78. The van der Waals surface area contributed by atoms with Crippen LogP contribution in [0.15, 0.2) is 16.7 Å². The van der Waals surface area contributed by atoms with E-state index >= 15 is 0 Å². The SMILES string of the molecule is CC(C)c1ccoc1C(=O)N1CCC(C(=O)O)(C(C)C)C1. The quantitative estimate of drug-likeness (QED) is 0.926. The number of carbonyl (C=O) groups is 2. The number of aliphatic carboxylic acids is 1. The Balaban J connectivity index is 2.23. The van der Waals surface area contributed by atoms with Crippen molar-refractivity contribution in [1.29, 1.82) is 0 Å². The number of hydrogen-bond acceptors (Lipinski definition) is 3. The number of carbonyl (C=O) groups excluding carboxylic acids is 1. The van der Waals surface area contributed by atoms with Gasteiger partial charge in [-0.1, -0.05) is 27.7 Å². The Kier molecular flexibility index (Phi) is 4.12. The van der Waals surface area contributed by atoms with Gasteiger partial charge in [-0.15, -0.1) is 0 Å². The number of furan rings is 1. The first kappa shape index (κ1) is 15.6. The van der Waals surface area contributed by atoms with Crippen LogP contribution in [0, 0.1) is 11.3 Å². The van der Waals surface area contributed by atoms with Crippen molar-refractivity contribution in [3.05, 3.63) is 23.7 Å². The van der Waals surface area contributed by atoms with Gasteiger partial charge in [0.15, 0.2) is 5.76 Å². The van der Waals surface area contributed by atoms with Gasteiger partial charge in [-0.05, 0) is 24.3 Å². The van der Waals surface area contributed by atoms with Gasteiger partial charge in [0.05, 0.1) is 11.7 Å². The third-order valence-corrected chi connectivity index (χ3v) is 4.63. The van der Waals surface area contributed by atoms with Crippen molar-refractivity contribution in [1.82, 2.24) is 4.90 Å². The highest BCUT2D eigenvalue weighted by molar-refractivity contribution is 5.94. The number of carboxylic acids is 1. The normalized spacial score (nSPS) is 22.3. The summed E-state index contributed by atoms with van der Waals surface area (Å²) in [6, 6.07) is 1.81. The fourth-order valence-corrected chi connectivity index (χ4v) is 2.99. The minimum Gasteiger partial charge on any atom is -0.481 e. The lowest BCUT2D eigenvalue weighted by Gasteiger charge is -2.28. The Labute approximate surface area is 124 Å². The molecule has 1 aliphatic heterocycles. The Bertz CT molecular complexity index is 546. The molecule has 0 aromatic carbocycles. The van der Waals surface area contributed by atoms with E-state index < -0.39 is 11.4 Å². The minimum atomic E-state index is -0.847. The molecule has 1 amide bonds. The smallest absolute Gasteiger partial charge is 0.311 e. The Morgan fingerprint density at radius 3 is 2.48 bits per heavy atom. The monoisotopic (exact) mass is 293 g/mol. The van der Waals surface area contributed by atoms with Crippen molar-refractivity contribution in [2.24, 2.45) is 11.3 Å². The number of carboxylic acid groups (broad SMARTS) is 1. The summed E-state index contributed by atoms with van der Waals surface area (Å²) in [7, 11) is 0. The van der Waals surface area contributed by atoms with Crippen LogP contribution in [-0.4, -0.2) is 35.0 Å². The van der Waals surface area contributed by atoms with Crippen LogP contribution in [0.2, 0.25) is 0 Å². The summed E-state index contributed by atoms with van der Waals surface area (Å²) in [5.74, 6) is -0.507. The highest BCUT2D eigenvalue weighted by Gasteiger charge is 2.49. The summed E-state index contributed by atoms with van der Waals surface area (Å²) >= 11 is 0. The van der Waals surface area contributed by atoms with Crippen LogP contribution in [0.25, 0.3) is 0 Å². The zero-order valence-electron chi connectivity index (χ0n) is 13.0. The van der Waals surface area contributed by atoms with E-state index in [1.807, 2.05) is 27.7 Å². The van der Waals surface area contributed by atoms with Crippen LogP contribution in [0.3, 0.4) is 0 Å². The molecule has 1 N–H and O–H groups in total.